The number of hydrogen-bond donors (Lipinski definition) is 1. The molecule has 3 atom stereocenters. The highest BCUT2D eigenvalue weighted by molar-refractivity contribution is 5.88. The van der Waals surface area contributed by atoms with E-state index >= 15 is 0 Å². The number of carbonyl (C=O) groups is 1. The number of rotatable bonds is 7. The number of benzene rings is 2. The van der Waals surface area contributed by atoms with Gasteiger partial charge < -0.3 is 9.84 Å². The zero-order valence-electron chi connectivity index (χ0n) is 20.5. The molecule has 5 heteroatoms. The second-order valence-electron chi connectivity index (χ2n) is 10.9. The van der Waals surface area contributed by atoms with Crippen LogP contribution in [0.3, 0.4) is 0 Å². The van der Waals surface area contributed by atoms with Crippen molar-refractivity contribution in [3.8, 4) is 5.75 Å². The fourth-order valence-electron chi connectivity index (χ4n) is 6.92. The van der Waals surface area contributed by atoms with E-state index in [-0.39, 0.29) is 18.1 Å². The molecule has 2 aromatic carbocycles. The van der Waals surface area contributed by atoms with Gasteiger partial charge in [-0.05, 0) is 92.2 Å². The van der Waals surface area contributed by atoms with Crippen molar-refractivity contribution in [3.05, 3.63) is 41.5 Å². The zero-order chi connectivity index (χ0) is 23.8. The molecule has 5 rings (SSSR count). The highest BCUT2D eigenvalue weighted by atomic mass is 19.1. The van der Waals surface area contributed by atoms with Crippen LogP contribution in [0, 0.1) is 11.8 Å². The third-order valence-corrected chi connectivity index (χ3v) is 8.77. The summed E-state index contributed by atoms with van der Waals surface area (Å²) in [5.74, 6) is 0.603. The van der Waals surface area contributed by atoms with Gasteiger partial charge in [0.15, 0.2) is 0 Å². The second kappa shape index (κ2) is 9.85. The molecule has 0 amide bonds. The fraction of sp³-hybridized carbons (Fsp3) is 0.621. The summed E-state index contributed by atoms with van der Waals surface area (Å²) in [5.41, 5.74) is 1.92. The summed E-state index contributed by atoms with van der Waals surface area (Å²) in [4.78, 5) is 14.2. The smallest absolute Gasteiger partial charge is 0.306 e. The predicted octanol–water partition coefficient (Wildman–Crippen LogP) is 7.05. The van der Waals surface area contributed by atoms with Gasteiger partial charge in [-0.3, -0.25) is 9.69 Å². The highest BCUT2D eigenvalue weighted by Gasteiger charge is 2.45. The van der Waals surface area contributed by atoms with E-state index in [0.29, 0.717) is 23.4 Å². The number of aliphatic carboxylic acids is 1. The molecule has 0 radical (unpaired) electrons. The molecular formula is C29H38FNO3. The third-order valence-electron chi connectivity index (χ3n) is 8.77. The highest BCUT2D eigenvalue weighted by Crippen LogP contribution is 2.45. The first kappa shape index (κ1) is 23.6. The maximum absolute atomic E-state index is 14.2. The van der Waals surface area contributed by atoms with Crippen molar-refractivity contribution in [3.63, 3.8) is 0 Å². The summed E-state index contributed by atoms with van der Waals surface area (Å²) >= 11 is 0. The molecule has 3 aliphatic rings. The number of nitrogens with zero attached hydrogens (tertiary/aromatic N) is 1. The lowest BCUT2D eigenvalue weighted by molar-refractivity contribution is -0.144. The van der Waals surface area contributed by atoms with E-state index in [1.165, 1.54) is 18.4 Å². The van der Waals surface area contributed by atoms with Crippen LogP contribution < -0.4 is 4.74 Å². The average molecular weight is 468 g/mol. The van der Waals surface area contributed by atoms with E-state index in [1.54, 1.807) is 0 Å². The van der Waals surface area contributed by atoms with Crippen LogP contribution in [0.2, 0.25) is 0 Å². The Hall–Kier alpha value is -2.14. The minimum absolute atomic E-state index is 0.187. The molecule has 0 aromatic heterocycles. The summed E-state index contributed by atoms with van der Waals surface area (Å²) in [7, 11) is 0. The molecule has 4 nitrogen and oxygen atoms in total. The first-order valence-electron chi connectivity index (χ1n) is 13.3. The van der Waals surface area contributed by atoms with Crippen LogP contribution >= 0.6 is 0 Å². The van der Waals surface area contributed by atoms with Crippen molar-refractivity contribution in [2.24, 2.45) is 11.8 Å². The summed E-state index contributed by atoms with van der Waals surface area (Å²) in [6.07, 6.45) is 9.29. The zero-order valence-corrected chi connectivity index (χ0v) is 20.5. The lowest BCUT2D eigenvalue weighted by atomic mass is 9.87. The number of fused-ring (bicyclic) bond motifs is 3. The van der Waals surface area contributed by atoms with Crippen molar-refractivity contribution < 1.29 is 19.0 Å². The number of alkyl halides is 1. The summed E-state index contributed by atoms with van der Waals surface area (Å²) in [6, 6.07) is 11.4. The van der Waals surface area contributed by atoms with E-state index < -0.39 is 12.6 Å². The molecule has 1 saturated carbocycles. The van der Waals surface area contributed by atoms with Crippen LogP contribution in [0.4, 0.5) is 4.39 Å². The Kier molecular flexibility index (Phi) is 6.83. The Morgan fingerprint density at radius 1 is 1.09 bits per heavy atom. The van der Waals surface area contributed by atoms with Gasteiger partial charge in [0, 0.05) is 23.7 Å². The van der Waals surface area contributed by atoms with Crippen LogP contribution in [-0.2, 0) is 11.5 Å². The van der Waals surface area contributed by atoms with Gasteiger partial charge in [-0.2, -0.15) is 0 Å². The van der Waals surface area contributed by atoms with Crippen LogP contribution in [0.1, 0.15) is 88.8 Å². The second-order valence-corrected chi connectivity index (χ2v) is 10.9. The van der Waals surface area contributed by atoms with E-state index in [2.05, 4.69) is 43.0 Å². The maximum atomic E-state index is 14.2. The summed E-state index contributed by atoms with van der Waals surface area (Å²) in [6.45, 7) is 3.98. The lowest BCUT2D eigenvalue weighted by Crippen LogP contribution is -2.46. The van der Waals surface area contributed by atoms with Crippen LogP contribution in [0.25, 0.3) is 10.8 Å². The Bertz CT molecular complexity index is 1020. The van der Waals surface area contributed by atoms with Crippen molar-refractivity contribution in [2.45, 2.75) is 103 Å². The minimum atomic E-state index is -0.644. The van der Waals surface area contributed by atoms with Gasteiger partial charge in [-0.25, -0.2) is 4.39 Å². The molecule has 0 spiro atoms. The number of carboxylic acid groups (broad SMARTS) is 1. The summed E-state index contributed by atoms with van der Waals surface area (Å²) in [5, 5.41) is 11.5. The molecule has 2 heterocycles. The SMILES string of the molecule is CC[C@@H](c1ccc2c(CF)c(O[C@H]3CC[C@@H](C)CC3)ccc2c1)N1C2CCC1CC(C(=O)O)C2. The van der Waals surface area contributed by atoms with E-state index in [4.69, 9.17) is 4.74 Å². The number of carboxylic acids is 1. The van der Waals surface area contributed by atoms with Gasteiger partial charge in [0.2, 0.25) is 0 Å². The van der Waals surface area contributed by atoms with Crippen molar-refractivity contribution in [1.29, 1.82) is 0 Å². The summed E-state index contributed by atoms with van der Waals surface area (Å²) < 4.78 is 20.5. The number of piperidine rings is 1. The Morgan fingerprint density at radius 2 is 1.79 bits per heavy atom. The molecule has 2 unspecified atom stereocenters. The topological polar surface area (TPSA) is 49.8 Å². The van der Waals surface area contributed by atoms with Crippen LogP contribution in [-0.4, -0.2) is 34.2 Å². The van der Waals surface area contributed by atoms with Crippen LogP contribution in [0.5, 0.6) is 5.75 Å². The molecule has 1 aliphatic carbocycles. The van der Waals surface area contributed by atoms with E-state index in [1.807, 2.05) is 6.07 Å². The van der Waals surface area contributed by atoms with Gasteiger partial charge in [-0.15, -0.1) is 0 Å². The third kappa shape index (κ3) is 4.44. The van der Waals surface area contributed by atoms with Crippen molar-refractivity contribution in [2.75, 3.05) is 0 Å². The maximum Gasteiger partial charge on any atom is 0.306 e. The Morgan fingerprint density at radius 3 is 2.41 bits per heavy atom. The van der Waals surface area contributed by atoms with E-state index in [9.17, 15) is 14.3 Å². The van der Waals surface area contributed by atoms with Crippen molar-refractivity contribution >= 4 is 16.7 Å². The standard InChI is InChI=1S/C29H38FNO3/c1-3-27(31-22-8-9-23(31)16-21(15-22)29(32)33)20-6-12-25-19(14-20)7-13-28(26(25)17-30)34-24-10-4-18(2)5-11-24/h6-7,12-14,18,21-24,27H,3-5,8-11,15-17H2,1-2H3,(H,32,33)/t18-,21?,22?,23?,24+,27-/m0/s1. The molecule has 3 fully saturated rings. The fourth-order valence-corrected chi connectivity index (χ4v) is 6.92. The van der Waals surface area contributed by atoms with Crippen molar-refractivity contribution in [1.82, 2.24) is 4.90 Å². The normalized spacial score (nSPS) is 30.4. The predicted molar refractivity (Wildman–Crippen MR) is 133 cm³/mol. The monoisotopic (exact) mass is 467 g/mol. The van der Waals surface area contributed by atoms with Crippen LogP contribution in [0.15, 0.2) is 30.3 Å². The first-order valence-corrected chi connectivity index (χ1v) is 13.3. The molecule has 2 bridgehead atoms. The van der Waals surface area contributed by atoms with Gasteiger partial charge in [0.1, 0.15) is 12.4 Å². The largest absolute Gasteiger partial charge is 0.490 e. The lowest BCUT2D eigenvalue weighted by Gasteiger charge is -2.42. The van der Waals surface area contributed by atoms with Gasteiger partial charge in [0.05, 0.1) is 12.0 Å². The Labute approximate surface area is 202 Å². The molecule has 2 saturated heterocycles. The molecule has 1 N–H and O–H groups in total. The number of hydrogen-bond acceptors (Lipinski definition) is 3. The van der Waals surface area contributed by atoms with Gasteiger partial charge in [-0.1, -0.05) is 32.0 Å². The molecule has 34 heavy (non-hydrogen) atoms. The van der Waals surface area contributed by atoms with Gasteiger partial charge >= 0.3 is 5.97 Å². The molecule has 184 valence electrons. The Balaban J connectivity index is 1.40. The van der Waals surface area contributed by atoms with Gasteiger partial charge in [0.25, 0.3) is 0 Å². The molecule has 2 aliphatic heterocycles. The first-order chi connectivity index (χ1) is 16.5. The van der Waals surface area contributed by atoms with E-state index in [0.717, 1.165) is 61.6 Å². The average Bonchev–Trinajstić information content (AvgIpc) is 3.08. The molecular weight excluding hydrogens is 429 g/mol. The number of halogens is 1. The quantitative estimate of drug-likeness (QED) is 0.474. The molecule has 2 aromatic rings. The number of ether oxygens (including phenoxy) is 1. The minimum Gasteiger partial charge on any atom is -0.490 e.